The fourth-order valence-corrected chi connectivity index (χ4v) is 1.99. The van der Waals surface area contributed by atoms with Gasteiger partial charge in [-0.3, -0.25) is 9.59 Å². The highest BCUT2D eigenvalue weighted by molar-refractivity contribution is 5.92. The molecule has 0 bridgehead atoms. The number of hydrogen-bond donors (Lipinski definition) is 2. The zero-order valence-corrected chi connectivity index (χ0v) is 11.6. The summed E-state index contributed by atoms with van der Waals surface area (Å²) in [6, 6.07) is 2.45. The number of aliphatic carboxylic acids is 1. The van der Waals surface area contributed by atoms with Crippen molar-refractivity contribution in [2.45, 2.75) is 26.7 Å². The number of aromatic nitrogens is 1. The maximum absolute atomic E-state index is 12.7. The predicted molar refractivity (Wildman–Crippen MR) is 71.7 cm³/mol. The number of carboxylic acids is 1. The van der Waals surface area contributed by atoms with Crippen LogP contribution < -0.4 is 5.32 Å². The first-order valence-corrected chi connectivity index (χ1v) is 6.50. The fourth-order valence-electron chi connectivity index (χ4n) is 1.99. The molecule has 1 heterocycles. The van der Waals surface area contributed by atoms with E-state index in [2.05, 4.69) is 10.3 Å². The molecule has 0 aromatic carbocycles. The van der Waals surface area contributed by atoms with Crippen molar-refractivity contribution in [3.05, 3.63) is 29.8 Å². The first kappa shape index (κ1) is 16.1. The highest BCUT2D eigenvalue weighted by Crippen LogP contribution is 2.14. The smallest absolute Gasteiger partial charge is 0.303 e. The molecule has 0 saturated heterocycles. The van der Waals surface area contributed by atoms with Crippen molar-refractivity contribution in [2.75, 3.05) is 6.54 Å². The third-order valence-electron chi connectivity index (χ3n) is 2.78. The minimum atomic E-state index is -0.884. The Bertz CT molecular complexity index is 460. The van der Waals surface area contributed by atoms with Gasteiger partial charge in [-0.2, -0.15) is 0 Å². The largest absolute Gasteiger partial charge is 0.481 e. The molecule has 1 atom stereocenters. The Kier molecular flexibility index (Phi) is 6.09. The first-order valence-electron chi connectivity index (χ1n) is 6.50. The Hall–Kier alpha value is -1.98. The monoisotopic (exact) mass is 282 g/mol. The van der Waals surface area contributed by atoms with E-state index >= 15 is 0 Å². The number of rotatable bonds is 7. The van der Waals surface area contributed by atoms with E-state index in [4.69, 9.17) is 5.11 Å². The Balaban J connectivity index is 2.55. The molecule has 0 aliphatic carbocycles. The lowest BCUT2D eigenvalue weighted by Gasteiger charge is -2.17. The van der Waals surface area contributed by atoms with Crippen LogP contribution in [0.2, 0.25) is 0 Å². The van der Waals surface area contributed by atoms with Gasteiger partial charge in [0.15, 0.2) is 0 Å². The van der Waals surface area contributed by atoms with Gasteiger partial charge in [-0.15, -0.1) is 0 Å². The lowest BCUT2D eigenvalue weighted by Crippen LogP contribution is -2.31. The summed E-state index contributed by atoms with van der Waals surface area (Å²) in [5.74, 6) is -1.60. The number of carbonyl (C=O) groups excluding carboxylic acids is 1. The van der Waals surface area contributed by atoms with Crippen LogP contribution in [-0.2, 0) is 4.79 Å². The fraction of sp³-hybridized carbons (Fsp3) is 0.500. The summed E-state index contributed by atoms with van der Waals surface area (Å²) in [6.45, 7) is 4.26. The maximum atomic E-state index is 12.7. The summed E-state index contributed by atoms with van der Waals surface area (Å²) >= 11 is 0. The van der Waals surface area contributed by atoms with E-state index in [1.807, 2.05) is 13.8 Å². The van der Waals surface area contributed by atoms with Crippen molar-refractivity contribution in [1.82, 2.24) is 10.3 Å². The molecule has 2 N–H and O–H groups in total. The second-order valence-electron chi connectivity index (χ2n) is 5.17. The molecule has 0 aliphatic heterocycles. The molecule has 5 nitrogen and oxygen atoms in total. The van der Waals surface area contributed by atoms with Crippen molar-refractivity contribution in [2.24, 2.45) is 11.8 Å². The summed E-state index contributed by atoms with van der Waals surface area (Å²) in [5.41, 5.74) is 0.116. The maximum Gasteiger partial charge on any atom is 0.303 e. The molecule has 0 saturated carbocycles. The normalized spacial score (nSPS) is 12.2. The molecule has 1 aromatic heterocycles. The minimum Gasteiger partial charge on any atom is -0.481 e. The van der Waals surface area contributed by atoms with Gasteiger partial charge >= 0.3 is 5.97 Å². The van der Waals surface area contributed by atoms with Crippen LogP contribution in [0.4, 0.5) is 4.39 Å². The Morgan fingerprint density at radius 1 is 1.40 bits per heavy atom. The van der Waals surface area contributed by atoms with Gasteiger partial charge < -0.3 is 10.4 Å². The minimum absolute atomic E-state index is 0.00923. The van der Waals surface area contributed by atoms with Crippen molar-refractivity contribution in [3.63, 3.8) is 0 Å². The van der Waals surface area contributed by atoms with Crippen LogP contribution in [-0.4, -0.2) is 28.5 Å². The second-order valence-corrected chi connectivity index (χ2v) is 5.17. The van der Waals surface area contributed by atoms with Gasteiger partial charge in [0.25, 0.3) is 5.91 Å². The molecule has 0 spiro atoms. The lowest BCUT2D eigenvalue weighted by molar-refractivity contribution is -0.138. The number of nitrogens with one attached hydrogen (secondary N) is 1. The topological polar surface area (TPSA) is 79.3 Å². The van der Waals surface area contributed by atoms with Crippen LogP contribution in [0.5, 0.6) is 0 Å². The summed E-state index contributed by atoms with van der Waals surface area (Å²) in [7, 11) is 0. The van der Waals surface area contributed by atoms with Gasteiger partial charge in [-0.05, 0) is 30.4 Å². The third kappa shape index (κ3) is 5.77. The number of amides is 1. The third-order valence-corrected chi connectivity index (χ3v) is 2.78. The molecule has 20 heavy (non-hydrogen) atoms. The molecular formula is C14H19FN2O3. The highest BCUT2D eigenvalue weighted by atomic mass is 19.1. The molecule has 6 heteroatoms. The van der Waals surface area contributed by atoms with Crippen LogP contribution in [0.1, 0.15) is 37.2 Å². The lowest BCUT2D eigenvalue weighted by atomic mass is 9.94. The van der Waals surface area contributed by atoms with Gasteiger partial charge in [0.2, 0.25) is 0 Å². The standard InChI is InChI=1S/C14H19FN2O3/c1-9(2)5-10(6-13(18)19)7-17-14(20)12-4-3-11(15)8-16-12/h3-4,8-10H,5-7H2,1-2H3,(H,17,20)(H,18,19)/t10-/m0/s1. The summed E-state index contributed by atoms with van der Waals surface area (Å²) in [6.07, 6.45) is 1.69. The van der Waals surface area contributed by atoms with Gasteiger partial charge in [0.05, 0.1) is 6.20 Å². The summed E-state index contributed by atoms with van der Waals surface area (Å²) < 4.78 is 12.7. The SMILES string of the molecule is CC(C)C[C@H](CNC(=O)c1ccc(F)cn1)CC(=O)O. The summed E-state index contributed by atoms with van der Waals surface area (Å²) in [5, 5.41) is 11.5. The molecule has 1 amide bonds. The number of halogens is 1. The predicted octanol–water partition coefficient (Wildman–Crippen LogP) is 2.09. The number of carboxylic acid groups (broad SMARTS) is 1. The molecule has 1 rings (SSSR count). The average molecular weight is 282 g/mol. The van der Waals surface area contributed by atoms with Crippen LogP contribution in [0.15, 0.2) is 18.3 Å². The zero-order chi connectivity index (χ0) is 15.1. The zero-order valence-electron chi connectivity index (χ0n) is 11.6. The van der Waals surface area contributed by atoms with Crippen molar-refractivity contribution in [1.29, 1.82) is 0 Å². The van der Waals surface area contributed by atoms with Crippen LogP contribution in [0, 0.1) is 17.7 Å². The van der Waals surface area contributed by atoms with Gasteiger partial charge in [0, 0.05) is 13.0 Å². The Morgan fingerprint density at radius 2 is 2.10 bits per heavy atom. The molecular weight excluding hydrogens is 263 g/mol. The van der Waals surface area contributed by atoms with Gasteiger partial charge in [-0.1, -0.05) is 13.8 Å². The number of carbonyl (C=O) groups is 2. The van der Waals surface area contributed by atoms with Gasteiger partial charge in [-0.25, -0.2) is 9.37 Å². The summed E-state index contributed by atoms with van der Waals surface area (Å²) in [4.78, 5) is 26.2. The van der Waals surface area contributed by atoms with E-state index in [9.17, 15) is 14.0 Å². The molecule has 1 aromatic rings. The molecule has 110 valence electrons. The Morgan fingerprint density at radius 3 is 2.60 bits per heavy atom. The second kappa shape index (κ2) is 7.57. The van der Waals surface area contributed by atoms with E-state index < -0.39 is 17.7 Å². The first-order chi connectivity index (χ1) is 9.38. The van der Waals surface area contributed by atoms with Gasteiger partial charge in [0.1, 0.15) is 11.5 Å². The van der Waals surface area contributed by atoms with E-state index in [-0.39, 0.29) is 24.6 Å². The molecule has 0 aliphatic rings. The van der Waals surface area contributed by atoms with Crippen molar-refractivity contribution < 1.29 is 19.1 Å². The number of pyridine rings is 1. The molecule has 0 fully saturated rings. The van der Waals surface area contributed by atoms with E-state index in [1.54, 1.807) is 0 Å². The quantitative estimate of drug-likeness (QED) is 0.802. The van der Waals surface area contributed by atoms with E-state index in [1.165, 1.54) is 6.07 Å². The number of nitrogens with zero attached hydrogens (tertiary/aromatic N) is 1. The van der Waals surface area contributed by atoms with E-state index in [0.29, 0.717) is 12.3 Å². The van der Waals surface area contributed by atoms with E-state index in [0.717, 1.165) is 12.3 Å². The average Bonchev–Trinajstić information content (AvgIpc) is 2.35. The highest BCUT2D eigenvalue weighted by Gasteiger charge is 2.17. The Labute approximate surface area is 117 Å². The van der Waals surface area contributed by atoms with Crippen molar-refractivity contribution >= 4 is 11.9 Å². The van der Waals surface area contributed by atoms with Crippen molar-refractivity contribution in [3.8, 4) is 0 Å². The number of hydrogen-bond acceptors (Lipinski definition) is 3. The van der Waals surface area contributed by atoms with Crippen LogP contribution in [0.25, 0.3) is 0 Å². The molecule has 0 radical (unpaired) electrons. The van der Waals surface area contributed by atoms with Crippen LogP contribution >= 0.6 is 0 Å². The molecule has 0 unspecified atom stereocenters. The van der Waals surface area contributed by atoms with Crippen LogP contribution in [0.3, 0.4) is 0 Å².